The van der Waals surface area contributed by atoms with E-state index in [1.54, 1.807) is 17.0 Å². The van der Waals surface area contributed by atoms with Crippen LogP contribution >= 0.6 is 0 Å². The van der Waals surface area contributed by atoms with Crippen molar-refractivity contribution in [2.24, 2.45) is 5.92 Å². The van der Waals surface area contributed by atoms with Gasteiger partial charge in [0.15, 0.2) is 11.5 Å². The highest BCUT2D eigenvalue weighted by Crippen LogP contribution is 2.37. The topological polar surface area (TPSA) is 88.1 Å². The molecule has 1 saturated heterocycles. The van der Waals surface area contributed by atoms with E-state index in [4.69, 9.17) is 9.47 Å². The Morgan fingerprint density at radius 3 is 2.84 bits per heavy atom. The molecule has 0 aliphatic carbocycles. The summed E-state index contributed by atoms with van der Waals surface area (Å²) >= 11 is 0. The number of aliphatic carboxylic acids is 1. The van der Waals surface area contributed by atoms with Crippen LogP contribution < -0.4 is 14.8 Å². The van der Waals surface area contributed by atoms with Gasteiger partial charge < -0.3 is 24.8 Å². The van der Waals surface area contributed by atoms with Crippen molar-refractivity contribution in [3.63, 3.8) is 0 Å². The smallest absolute Gasteiger partial charge is 0.305 e. The molecule has 25 heavy (non-hydrogen) atoms. The van der Waals surface area contributed by atoms with Gasteiger partial charge >= 0.3 is 5.97 Å². The van der Waals surface area contributed by atoms with Crippen LogP contribution in [0.5, 0.6) is 11.5 Å². The minimum absolute atomic E-state index is 0.0381. The number of amides is 1. The maximum Gasteiger partial charge on any atom is 0.305 e. The lowest BCUT2D eigenvalue weighted by Gasteiger charge is -2.39. The fourth-order valence-electron chi connectivity index (χ4n) is 3.42. The standard InChI is InChI=1S/C18H24N2O5/c1-11(2)7-13-18(23)20(6-5-19-13)14(9-17(21)22)12-3-4-15-16(8-12)25-10-24-15/h3-4,8,11,13-14,19H,5-7,9-10H2,1-2H3,(H,21,22). The first-order chi connectivity index (χ1) is 12.0. The Morgan fingerprint density at radius 1 is 1.36 bits per heavy atom. The summed E-state index contributed by atoms with van der Waals surface area (Å²) < 4.78 is 10.7. The number of ether oxygens (including phenoxy) is 2. The Morgan fingerprint density at radius 2 is 2.12 bits per heavy atom. The molecule has 1 aromatic rings. The molecule has 2 atom stereocenters. The Bertz CT molecular complexity index is 661. The molecule has 0 spiro atoms. The summed E-state index contributed by atoms with van der Waals surface area (Å²) in [6.45, 7) is 5.44. The average molecular weight is 348 g/mol. The Balaban J connectivity index is 1.87. The molecule has 1 fully saturated rings. The Kier molecular flexibility index (Phi) is 5.13. The molecule has 2 aliphatic heterocycles. The molecule has 1 amide bonds. The van der Waals surface area contributed by atoms with Crippen LogP contribution in [0.1, 0.15) is 38.3 Å². The second-order valence-corrected chi connectivity index (χ2v) is 6.89. The van der Waals surface area contributed by atoms with Crippen LogP contribution in [0.25, 0.3) is 0 Å². The molecule has 2 N–H and O–H groups in total. The number of carboxylic acids is 1. The molecular formula is C18H24N2O5. The minimum Gasteiger partial charge on any atom is -0.481 e. The summed E-state index contributed by atoms with van der Waals surface area (Å²) in [4.78, 5) is 26.0. The lowest BCUT2D eigenvalue weighted by molar-refractivity contribution is -0.143. The van der Waals surface area contributed by atoms with Crippen LogP contribution in [0, 0.1) is 5.92 Å². The molecule has 2 heterocycles. The molecular weight excluding hydrogens is 324 g/mol. The molecule has 7 nitrogen and oxygen atoms in total. The molecule has 1 aromatic carbocycles. The molecule has 2 aliphatic rings. The maximum absolute atomic E-state index is 12.9. The quantitative estimate of drug-likeness (QED) is 0.815. The molecule has 0 aromatic heterocycles. The predicted molar refractivity (Wildman–Crippen MR) is 90.5 cm³/mol. The van der Waals surface area contributed by atoms with Crippen LogP contribution in [0.4, 0.5) is 0 Å². The first-order valence-electron chi connectivity index (χ1n) is 8.61. The second kappa shape index (κ2) is 7.31. The van der Waals surface area contributed by atoms with Crippen LogP contribution in [0.2, 0.25) is 0 Å². The monoisotopic (exact) mass is 348 g/mol. The van der Waals surface area contributed by atoms with E-state index in [0.29, 0.717) is 30.5 Å². The second-order valence-electron chi connectivity index (χ2n) is 6.89. The first-order valence-corrected chi connectivity index (χ1v) is 8.61. The highest BCUT2D eigenvalue weighted by atomic mass is 16.7. The Hall–Kier alpha value is -2.28. The summed E-state index contributed by atoms with van der Waals surface area (Å²) in [6.07, 6.45) is 0.593. The minimum atomic E-state index is -0.936. The number of piperazine rings is 1. The van der Waals surface area contributed by atoms with E-state index in [-0.39, 0.29) is 25.2 Å². The van der Waals surface area contributed by atoms with Gasteiger partial charge in [0.05, 0.1) is 18.5 Å². The van der Waals surface area contributed by atoms with Crippen molar-refractivity contribution >= 4 is 11.9 Å². The van der Waals surface area contributed by atoms with Gasteiger partial charge in [-0.2, -0.15) is 0 Å². The van der Waals surface area contributed by atoms with Crippen molar-refractivity contribution in [3.05, 3.63) is 23.8 Å². The number of nitrogens with zero attached hydrogens (tertiary/aromatic N) is 1. The molecule has 7 heteroatoms. The number of hydrogen-bond acceptors (Lipinski definition) is 5. The molecule has 0 bridgehead atoms. The van der Waals surface area contributed by atoms with Crippen molar-refractivity contribution < 1.29 is 24.2 Å². The number of carbonyl (C=O) groups excluding carboxylic acids is 1. The van der Waals surface area contributed by atoms with E-state index in [1.165, 1.54) is 0 Å². The van der Waals surface area contributed by atoms with Gasteiger partial charge in [-0.3, -0.25) is 9.59 Å². The zero-order valence-corrected chi connectivity index (χ0v) is 14.5. The van der Waals surface area contributed by atoms with Crippen molar-refractivity contribution in [2.45, 2.75) is 38.8 Å². The van der Waals surface area contributed by atoms with Gasteiger partial charge in [0.2, 0.25) is 12.7 Å². The van der Waals surface area contributed by atoms with Gasteiger partial charge in [0.25, 0.3) is 0 Å². The SMILES string of the molecule is CC(C)CC1NCCN(C(CC(=O)O)c2ccc3c(c2)OCO3)C1=O. The molecule has 136 valence electrons. The third-order valence-electron chi connectivity index (χ3n) is 4.56. The molecule has 0 radical (unpaired) electrons. The number of carbonyl (C=O) groups is 2. The summed E-state index contributed by atoms with van der Waals surface area (Å²) in [6, 6.07) is 4.58. The lowest BCUT2D eigenvalue weighted by atomic mass is 9.96. The average Bonchev–Trinajstić information content (AvgIpc) is 3.02. The largest absolute Gasteiger partial charge is 0.481 e. The van der Waals surface area contributed by atoms with Crippen molar-refractivity contribution in [2.75, 3.05) is 19.9 Å². The van der Waals surface area contributed by atoms with E-state index in [0.717, 1.165) is 12.0 Å². The van der Waals surface area contributed by atoms with Gasteiger partial charge in [-0.05, 0) is 30.0 Å². The Labute approximate surface area is 146 Å². The highest BCUT2D eigenvalue weighted by Gasteiger charge is 2.35. The molecule has 2 unspecified atom stereocenters. The number of benzene rings is 1. The summed E-state index contributed by atoms with van der Waals surface area (Å²) in [5.74, 6) is 0.638. The fraction of sp³-hybridized carbons (Fsp3) is 0.556. The van der Waals surface area contributed by atoms with Crippen molar-refractivity contribution in [1.29, 1.82) is 0 Å². The number of nitrogens with one attached hydrogen (secondary N) is 1. The van der Waals surface area contributed by atoms with Gasteiger partial charge in [-0.1, -0.05) is 19.9 Å². The number of fused-ring (bicyclic) bond motifs is 1. The zero-order valence-electron chi connectivity index (χ0n) is 14.5. The van der Waals surface area contributed by atoms with Crippen LogP contribution in [-0.4, -0.2) is 47.8 Å². The van der Waals surface area contributed by atoms with Gasteiger partial charge in [-0.15, -0.1) is 0 Å². The first kappa shape index (κ1) is 17.5. The highest BCUT2D eigenvalue weighted by molar-refractivity contribution is 5.84. The van der Waals surface area contributed by atoms with Crippen molar-refractivity contribution in [1.82, 2.24) is 10.2 Å². The third-order valence-corrected chi connectivity index (χ3v) is 4.56. The van der Waals surface area contributed by atoms with Crippen molar-refractivity contribution in [3.8, 4) is 11.5 Å². The number of carboxylic acid groups (broad SMARTS) is 1. The predicted octanol–water partition coefficient (Wildman–Crippen LogP) is 1.78. The summed E-state index contributed by atoms with van der Waals surface area (Å²) in [5, 5.41) is 12.6. The maximum atomic E-state index is 12.9. The zero-order chi connectivity index (χ0) is 18.0. The molecule has 3 rings (SSSR count). The normalized spacial score (nSPS) is 20.8. The molecule has 0 saturated carbocycles. The third kappa shape index (κ3) is 3.87. The van der Waals surface area contributed by atoms with E-state index in [1.807, 2.05) is 6.07 Å². The van der Waals surface area contributed by atoms with Crippen LogP contribution in [0.15, 0.2) is 18.2 Å². The van der Waals surface area contributed by atoms with Gasteiger partial charge in [-0.25, -0.2) is 0 Å². The van der Waals surface area contributed by atoms with E-state index in [2.05, 4.69) is 19.2 Å². The van der Waals surface area contributed by atoms with E-state index >= 15 is 0 Å². The van der Waals surface area contributed by atoms with Crippen LogP contribution in [0.3, 0.4) is 0 Å². The summed E-state index contributed by atoms with van der Waals surface area (Å²) in [5.41, 5.74) is 0.755. The van der Waals surface area contributed by atoms with Gasteiger partial charge in [0, 0.05) is 13.1 Å². The van der Waals surface area contributed by atoms with Gasteiger partial charge in [0.1, 0.15) is 0 Å². The summed E-state index contributed by atoms with van der Waals surface area (Å²) in [7, 11) is 0. The van der Waals surface area contributed by atoms with E-state index in [9.17, 15) is 14.7 Å². The number of hydrogen-bond donors (Lipinski definition) is 2. The lowest BCUT2D eigenvalue weighted by Crippen LogP contribution is -2.56. The van der Waals surface area contributed by atoms with E-state index < -0.39 is 12.0 Å². The fourth-order valence-corrected chi connectivity index (χ4v) is 3.42. The van der Waals surface area contributed by atoms with Crippen LogP contribution in [-0.2, 0) is 9.59 Å². The number of rotatable bonds is 6.